The van der Waals surface area contributed by atoms with E-state index in [1.54, 1.807) is 0 Å². The van der Waals surface area contributed by atoms with Crippen molar-refractivity contribution in [3.8, 4) is 0 Å². The lowest BCUT2D eigenvalue weighted by molar-refractivity contribution is -0.114. The zero-order valence-electron chi connectivity index (χ0n) is 12.5. The van der Waals surface area contributed by atoms with E-state index in [0.717, 1.165) is 5.69 Å². The van der Waals surface area contributed by atoms with Crippen LogP contribution in [-0.2, 0) is 21.4 Å². The van der Waals surface area contributed by atoms with Crippen LogP contribution >= 0.6 is 11.3 Å². The molecule has 1 aromatic carbocycles. The van der Waals surface area contributed by atoms with Gasteiger partial charge in [0, 0.05) is 30.2 Å². The number of thiazole rings is 1. The van der Waals surface area contributed by atoms with Gasteiger partial charge in [-0.05, 0) is 38.1 Å². The highest BCUT2D eigenvalue weighted by Crippen LogP contribution is 2.16. The number of nitrogens with one attached hydrogen (secondary N) is 1. The van der Waals surface area contributed by atoms with Crippen molar-refractivity contribution in [2.45, 2.75) is 32.2 Å². The third-order valence-corrected chi connectivity index (χ3v) is 5.36. The molecule has 1 heterocycles. The van der Waals surface area contributed by atoms with E-state index >= 15 is 0 Å². The number of carbonyl (C=O) groups excluding carboxylic acids is 1. The number of hydrogen-bond acceptors (Lipinski definition) is 4. The minimum atomic E-state index is -3.78. The molecule has 0 fully saturated rings. The average Bonchev–Trinajstić information content (AvgIpc) is 2.78. The Morgan fingerprint density at radius 2 is 1.95 bits per heavy atom. The number of aryl methyl sites for hydroxylation is 1. The molecule has 0 aliphatic rings. The van der Waals surface area contributed by atoms with Crippen molar-refractivity contribution in [2.75, 3.05) is 5.32 Å². The van der Waals surface area contributed by atoms with Crippen LogP contribution in [-0.4, -0.2) is 18.9 Å². The van der Waals surface area contributed by atoms with Gasteiger partial charge >= 0.3 is 0 Å². The molecule has 1 N–H and O–H groups in total. The predicted molar refractivity (Wildman–Crippen MR) is 86.2 cm³/mol. The maximum absolute atomic E-state index is 12.4. The van der Waals surface area contributed by atoms with Gasteiger partial charge in [-0.15, -0.1) is 15.7 Å². The Kier molecular flexibility index (Phi) is 4.82. The van der Waals surface area contributed by atoms with E-state index < -0.39 is 10.0 Å². The lowest BCUT2D eigenvalue weighted by Gasteiger charge is -2.04. The van der Waals surface area contributed by atoms with E-state index in [4.69, 9.17) is 0 Å². The number of hydrogen-bond donors (Lipinski definition) is 1. The van der Waals surface area contributed by atoms with Gasteiger partial charge in [0.25, 0.3) is 10.0 Å². The minimum Gasteiger partial charge on any atom is -0.326 e. The first-order valence-corrected chi connectivity index (χ1v) is 8.99. The quantitative estimate of drug-likeness (QED) is 0.926. The second kappa shape index (κ2) is 6.45. The van der Waals surface area contributed by atoms with Crippen LogP contribution in [0.4, 0.5) is 5.69 Å². The van der Waals surface area contributed by atoms with E-state index in [0.29, 0.717) is 17.0 Å². The first kappa shape index (κ1) is 16.4. The number of carbonyl (C=O) groups is 1. The minimum absolute atomic E-state index is 0.0929. The van der Waals surface area contributed by atoms with Crippen LogP contribution in [0.3, 0.4) is 0 Å². The summed E-state index contributed by atoms with van der Waals surface area (Å²) in [6.07, 6.45) is 0. The molecule has 0 spiro atoms. The van der Waals surface area contributed by atoms with Crippen LogP contribution in [0.2, 0.25) is 0 Å². The zero-order valence-corrected chi connectivity index (χ0v) is 14.2. The monoisotopic (exact) mass is 339 g/mol. The second-order valence-electron chi connectivity index (χ2n) is 4.68. The molecule has 2 rings (SSSR count). The van der Waals surface area contributed by atoms with Crippen molar-refractivity contribution >= 4 is 33.0 Å². The molecular weight excluding hydrogens is 322 g/mol. The van der Waals surface area contributed by atoms with Gasteiger partial charge in [-0.3, -0.25) is 4.79 Å². The van der Waals surface area contributed by atoms with Gasteiger partial charge in [0.1, 0.15) is 0 Å². The maximum atomic E-state index is 12.4. The van der Waals surface area contributed by atoms with Crippen LogP contribution in [0, 0.1) is 6.92 Å². The topological polar surface area (TPSA) is 80.5 Å². The summed E-state index contributed by atoms with van der Waals surface area (Å²) in [4.78, 5) is 11.5. The van der Waals surface area contributed by atoms with Crippen LogP contribution in [0.15, 0.2) is 38.9 Å². The first-order chi connectivity index (χ1) is 10.3. The van der Waals surface area contributed by atoms with Crippen molar-refractivity contribution in [3.63, 3.8) is 0 Å². The molecule has 1 aromatic heterocycles. The largest absolute Gasteiger partial charge is 0.326 e. The van der Waals surface area contributed by atoms with E-state index in [9.17, 15) is 13.2 Å². The third-order valence-electron chi connectivity index (χ3n) is 2.98. The molecule has 118 valence electrons. The third kappa shape index (κ3) is 3.63. The number of anilines is 1. The van der Waals surface area contributed by atoms with E-state index in [1.807, 2.05) is 23.8 Å². The Balaban J connectivity index is 2.40. The Hall–Kier alpha value is -1.93. The van der Waals surface area contributed by atoms with Crippen molar-refractivity contribution in [1.82, 2.24) is 4.57 Å². The second-order valence-corrected chi connectivity index (χ2v) is 7.12. The smallest absolute Gasteiger partial charge is 0.285 e. The molecule has 6 nitrogen and oxygen atoms in total. The molecule has 2 aromatic rings. The summed E-state index contributed by atoms with van der Waals surface area (Å²) in [6, 6.07) is 5.94. The van der Waals surface area contributed by atoms with Gasteiger partial charge in [-0.25, -0.2) is 0 Å². The average molecular weight is 339 g/mol. The molecule has 0 saturated heterocycles. The molecule has 22 heavy (non-hydrogen) atoms. The fourth-order valence-corrected chi connectivity index (χ4v) is 4.10. The highest BCUT2D eigenvalue weighted by atomic mass is 32.2. The molecule has 0 saturated carbocycles. The molecule has 0 aliphatic carbocycles. The summed E-state index contributed by atoms with van der Waals surface area (Å²) in [5.41, 5.74) is 1.52. The highest BCUT2D eigenvalue weighted by molar-refractivity contribution is 7.90. The Bertz CT molecular complexity index is 846. The number of aromatic nitrogens is 1. The highest BCUT2D eigenvalue weighted by Gasteiger charge is 2.13. The summed E-state index contributed by atoms with van der Waals surface area (Å²) in [6.45, 7) is 5.90. The number of amides is 1. The van der Waals surface area contributed by atoms with Gasteiger partial charge < -0.3 is 9.88 Å². The first-order valence-electron chi connectivity index (χ1n) is 6.67. The number of sulfonamides is 1. The van der Waals surface area contributed by atoms with Crippen molar-refractivity contribution in [2.24, 2.45) is 4.40 Å². The van der Waals surface area contributed by atoms with Crippen LogP contribution in [0.25, 0.3) is 0 Å². The Morgan fingerprint density at radius 1 is 1.32 bits per heavy atom. The predicted octanol–water partition coefficient (Wildman–Crippen LogP) is 2.13. The normalized spacial score (nSPS) is 12.4. The van der Waals surface area contributed by atoms with Gasteiger partial charge in [0.2, 0.25) is 10.7 Å². The molecule has 0 bridgehead atoms. The molecule has 0 atom stereocenters. The number of rotatable bonds is 4. The summed E-state index contributed by atoms with van der Waals surface area (Å²) in [7, 11) is -3.78. The van der Waals surface area contributed by atoms with Crippen molar-refractivity contribution in [3.05, 3.63) is 40.1 Å². The Labute approximate surface area is 133 Å². The number of benzene rings is 1. The zero-order chi connectivity index (χ0) is 16.3. The molecule has 1 amide bonds. The van der Waals surface area contributed by atoms with Crippen LogP contribution in [0.1, 0.15) is 19.5 Å². The fraction of sp³-hybridized carbons (Fsp3) is 0.286. The number of nitrogens with zero attached hydrogens (tertiary/aromatic N) is 2. The molecule has 0 radical (unpaired) electrons. The standard InChI is InChI=1S/C14H17N3O3S2/c1-4-17-10(2)9-21-14(17)16-22(19,20)13-7-5-12(6-8-13)15-11(3)18/h5-9H,4H2,1-3H3,(H,15,18)/b16-14-. The molecule has 0 unspecified atom stereocenters. The van der Waals surface area contributed by atoms with E-state index in [-0.39, 0.29) is 10.8 Å². The fourth-order valence-electron chi connectivity index (χ4n) is 1.94. The van der Waals surface area contributed by atoms with Crippen molar-refractivity contribution < 1.29 is 13.2 Å². The van der Waals surface area contributed by atoms with Crippen LogP contribution in [0.5, 0.6) is 0 Å². The van der Waals surface area contributed by atoms with Gasteiger partial charge in [0.05, 0.1) is 4.90 Å². The summed E-state index contributed by atoms with van der Waals surface area (Å²) in [5, 5.41) is 4.46. The van der Waals surface area contributed by atoms with E-state index in [1.165, 1.54) is 42.5 Å². The van der Waals surface area contributed by atoms with Gasteiger partial charge in [0.15, 0.2) is 0 Å². The van der Waals surface area contributed by atoms with Crippen molar-refractivity contribution in [1.29, 1.82) is 0 Å². The van der Waals surface area contributed by atoms with E-state index in [2.05, 4.69) is 9.71 Å². The Morgan fingerprint density at radius 3 is 2.50 bits per heavy atom. The van der Waals surface area contributed by atoms with Crippen LogP contribution < -0.4 is 10.1 Å². The van der Waals surface area contributed by atoms with Gasteiger partial charge in [-0.2, -0.15) is 8.42 Å². The van der Waals surface area contributed by atoms with Gasteiger partial charge in [-0.1, -0.05) is 0 Å². The lowest BCUT2D eigenvalue weighted by atomic mass is 10.3. The lowest BCUT2D eigenvalue weighted by Crippen LogP contribution is -2.17. The SMILES string of the molecule is CCn1c(C)cs/c1=N\S(=O)(=O)c1ccc(NC(C)=O)cc1. The summed E-state index contributed by atoms with van der Waals surface area (Å²) >= 11 is 1.29. The molecule has 8 heteroatoms. The maximum Gasteiger partial charge on any atom is 0.285 e. The molecular formula is C14H17N3O3S2. The molecule has 0 aliphatic heterocycles. The summed E-state index contributed by atoms with van der Waals surface area (Å²) in [5.74, 6) is -0.210. The summed E-state index contributed by atoms with van der Waals surface area (Å²) < 4.78 is 30.5.